The number of hydrogen-bond acceptors (Lipinski definition) is 5. The van der Waals surface area contributed by atoms with Gasteiger partial charge < -0.3 is 10.1 Å². The van der Waals surface area contributed by atoms with E-state index in [1.807, 2.05) is 19.3 Å². The summed E-state index contributed by atoms with van der Waals surface area (Å²) in [5.74, 6) is 0.639. The molecule has 2 aromatic rings. The zero-order valence-corrected chi connectivity index (χ0v) is 11.6. The number of aromatic nitrogens is 4. The molecular weight excluding hydrogens is 254 g/mol. The predicted molar refractivity (Wildman–Crippen MR) is 76.3 cm³/mol. The van der Waals surface area contributed by atoms with Crippen LogP contribution in [0.25, 0.3) is 11.3 Å². The van der Waals surface area contributed by atoms with Crippen LogP contribution >= 0.6 is 0 Å². The number of rotatable bonds is 4. The van der Waals surface area contributed by atoms with Gasteiger partial charge in [-0.15, -0.1) is 0 Å². The summed E-state index contributed by atoms with van der Waals surface area (Å²) in [6.45, 7) is 1.62. The summed E-state index contributed by atoms with van der Waals surface area (Å²) in [6, 6.07) is 1.89. The fourth-order valence-corrected chi connectivity index (χ4v) is 2.33. The van der Waals surface area contributed by atoms with Gasteiger partial charge in [0, 0.05) is 38.2 Å². The molecule has 1 atom stereocenters. The fraction of sp³-hybridized carbons (Fsp3) is 0.500. The highest BCUT2D eigenvalue weighted by atomic mass is 16.5. The molecule has 0 unspecified atom stereocenters. The van der Waals surface area contributed by atoms with E-state index in [-0.39, 0.29) is 6.10 Å². The quantitative estimate of drug-likeness (QED) is 0.921. The Labute approximate surface area is 118 Å². The molecule has 6 nitrogen and oxygen atoms in total. The predicted octanol–water partition coefficient (Wildman–Crippen LogP) is 1.86. The van der Waals surface area contributed by atoms with Crippen LogP contribution in [0.4, 0.5) is 5.95 Å². The number of ether oxygens (including phenoxy) is 1. The van der Waals surface area contributed by atoms with Crippen molar-refractivity contribution >= 4 is 5.95 Å². The third kappa shape index (κ3) is 3.14. The van der Waals surface area contributed by atoms with Crippen molar-refractivity contribution in [1.29, 1.82) is 0 Å². The Bertz CT molecular complexity index is 562. The standard InChI is InChI=1S/C14H19N5O/c1-19-10-11(8-17-19)13-5-6-15-14(18-13)16-9-12-4-2-3-7-20-12/h5-6,8,10,12H,2-4,7,9H2,1H3,(H,15,16,18)/t12-/m0/s1. The molecule has 1 aliphatic rings. The van der Waals surface area contributed by atoms with Crippen LogP contribution in [0.3, 0.4) is 0 Å². The molecule has 1 fully saturated rings. The normalized spacial score (nSPS) is 18.9. The van der Waals surface area contributed by atoms with Crippen LogP contribution in [0, 0.1) is 0 Å². The van der Waals surface area contributed by atoms with Crippen molar-refractivity contribution in [2.75, 3.05) is 18.5 Å². The lowest BCUT2D eigenvalue weighted by Crippen LogP contribution is -2.27. The summed E-state index contributed by atoms with van der Waals surface area (Å²) < 4.78 is 7.45. The van der Waals surface area contributed by atoms with Crippen LogP contribution in [0.1, 0.15) is 19.3 Å². The molecule has 3 heterocycles. The Morgan fingerprint density at radius 2 is 2.40 bits per heavy atom. The van der Waals surface area contributed by atoms with E-state index in [0.717, 1.165) is 30.8 Å². The van der Waals surface area contributed by atoms with Gasteiger partial charge in [-0.25, -0.2) is 9.97 Å². The first-order valence-electron chi connectivity index (χ1n) is 6.99. The first kappa shape index (κ1) is 13.1. The minimum Gasteiger partial charge on any atom is -0.376 e. The zero-order chi connectivity index (χ0) is 13.8. The Balaban J connectivity index is 1.65. The largest absolute Gasteiger partial charge is 0.376 e. The van der Waals surface area contributed by atoms with Crippen molar-refractivity contribution in [1.82, 2.24) is 19.7 Å². The molecule has 0 amide bonds. The van der Waals surface area contributed by atoms with E-state index in [0.29, 0.717) is 5.95 Å². The van der Waals surface area contributed by atoms with E-state index in [1.54, 1.807) is 17.1 Å². The number of nitrogens with one attached hydrogen (secondary N) is 1. The fourth-order valence-electron chi connectivity index (χ4n) is 2.33. The molecular formula is C14H19N5O. The van der Waals surface area contributed by atoms with Gasteiger partial charge in [-0.2, -0.15) is 5.10 Å². The second kappa shape index (κ2) is 6.00. The van der Waals surface area contributed by atoms with Gasteiger partial charge in [-0.1, -0.05) is 0 Å². The molecule has 6 heteroatoms. The van der Waals surface area contributed by atoms with Crippen LogP contribution in [-0.2, 0) is 11.8 Å². The van der Waals surface area contributed by atoms with Crippen LogP contribution in [0.2, 0.25) is 0 Å². The van der Waals surface area contributed by atoms with Gasteiger partial charge in [0.05, 0.1) is 18.0 Å². The zero-order valence-electron chi connectivity index (χ0n) is 11.6. The highest BCUT2D eigenvalue weighted by molar-refractivity contribution is 5.57. The van der Waals surface area contributed by atoms with Crippen molar-refractivity contribution in [3.05, 3.63) is 24.7 Å². The molecule has 2 aromatic heterocycles. The van der Waals surface area contributed by atoms with Gasteiger partial charge in [0.25, 0.3) is 0 Å². The minimum atomic E-state index is 0.273. The Morgan fingerprint density at radius 1 is 1.45 bits per heavy atom. The summed E-state index contributed by atoms with van der Waals surface area (Å²) in [5.41, 5.74) is 1.87. The van der Waals surface area contributed by atoms with Crippen molar-refractivity contribution in [3.8, 4) is 11.3 Å². The molecule has 3 rings (SSSR count). The molecule has 0 aliphatic carbocycles. The van der Waals surface area contributed by atoms with E-state index < -0.39 is 0 Å². The summed E-state index contributed by atoms with van der Waals surface area (Å²) in [7, 11) is 1.89. The molecule has 20 heavy (non-hydrogen) atoms. The van der Waals surface area contributed by atoms with Crippen molar-refractivity contribution in [2.45, 2.75) is 25.4 Å². The third-order valence-electron chi connectivity index (χ3n) is 3.42. The van der Waals surface area contributed by atoms with Gasteiger partial charge in [-0.3, -0.25) is 4.68 Å². The molecule has 0 saturated carbocycles. The average molecular weight is 273 g/mol. The molecule has 1 saturated heterocycles. The highest BCUT2D eigenvalue weighted by Gasteiger charge is 2.14. The Hall–Kier alpha value is -1.95. The topological polar surface area (TPSA) is 64.9 Å². The minimum absolute atomic E-state index is 0.273. The summed E-state index contributed by atoms with van der Waals surface area (Å²) in [4.78, 5) is 8.76. The van der Waals surface area contributed by atoms with E-state index in [9.17, 15) is 0 Å². The van der Waals surface area contributed by atoms with Crippen LogP contribution in [0.15, 0.2) is 24.7 Å². The average Bonchev–Trinajstić information content (AvgIpc) is 2.93. The Kier molecular flexibility index (Phi) is 3.92. The number of anilines is 1. The summed E-state index contributed by atoms with van der Waals surface area (Å²) >= 11 is 0. The monoisotopic (exact) mass is 273 g/mol. The number of nitrogens with zero attached hydrogens (tertiary/aromatic N) is 4. The maximum atomic E-state index is 5.69. The van der Waals surface area contributed by atoms with E-state index in [2.05, 4.69) is 20.4 Å². The van der Waals surface area contributed by atoms with Gasteiger partial charge in [0.15, 0.2) is 0 Å². The first-order chi connectivity index (χ1) is 9.81. The second-order valence-electron chi connectivity index (χ2n) is 5.04. The Morgan fingerprint density at radius 3 is 3.15 bits per heavy atom. The third-order valence-corrected chi connectivity index (χ3v) is 3.42. The first-order valence-corrected chi connectivity index (χ1v) is 6.99. The molecule has 106 valence electrons. The van der Waals surface area contributed by atoms with Crippen LogP contribution in [-0.4, -0.2) is 39.0 Å². The van der Waals surface area contributed by atoms with Gasteiger partial charge in [-0.05, 0) is 25.3 Å². The van der Waals surface area contributed by atoms with E-state index in [4.69, 9.17) is 4.74 Å². The highest BCUT2D eigenvalue weighted by Crippen LogP contribution is 2.17. The smallest absolute Gasteiger partial charge is 0.223 e. The van der Waals surface area contributed by atoms with E-state index >= 15 is 0 Å². The molecule has 0 bridgehead atoms. The summed E-state index contributed by atoms with van der Waals surface area (Å²) in [6.07, 6.45) is 9.29. The van der Waals surface area contributed by atoms with Crippen molar-refractivity contribution in [3.63, 3.8) is 0 Å². The number of aryl methyl sites for hydroxylation is 1. The number of hydrogen-bond donors (Lipinski definition) is 1. The molecule has 1 N–H and O–H groups in total. The van der Waals surface area contributed by atoms with Gasteiger partial charge in [0.1, 0.15) is 0 Å². The maximum Gasteiger partial charge on any atom is 0.223 e. The van der Waals surface area contributed by atoms with Crippen molar-refractivity contribution < 1.29 is 4.74 Å². The van der Waals surface area contributed by atoms with Gasteiger partial charge >= 0.3 is 0 Å². The van der Waals surface area contributed by atoms with Crippen LogP contribution in [0.5, 0.6) is 0 Å². The molecule has 0 aromatic carbocycles. The second-order valence-corrected chi connectivity index (χ2v) is 5.04. The summed E-state index contributed by atoms with van der Waals surface area (Å²) in [5, 5.41) is 7.41. The van der Waals surface area contributed by atoms with E-state index in [1.165, 1.54) is 12.8 Å². The molecule has 0 radical (unpaired) electrons. The lowest BCUT2D eigenvalue weighted by molar-refractivity contribution is 0.0246. The lowest BCUT2D eigenvalue weighted by atomic mass is 10.1. The lowest BCUT2D eigenvalue weighted by Gasteiger charge is -2.22. The van der Waals surface area contributed by atoms with Crippen molar-refractivity contribution in [2.24, 2.45) is 7.05 Å². The van der Waals surface area contributed by atoms with Gasteiger partial charge in [0.2, 0.25) is 5.95 Å². The molecule has 1 aliphatic heterocycles. The SMILES string of the molecule is Cn1cc(-c2ccnc(NC[C@@H]3CCCCO3)n2)cn1. The maximum absolute atomic E-state index is 5.69. The van der Waals surface area contributed by atoms with Crippen LogP contribution < -0.4 is 5.32 Å². The molecule has 0 spiro atoms.